The van der Waals surface area contributed by atoms with Gasteiger partial charge in [0.25, 0.3) is 0 Å². The summed E-state index contributed by atoms with van der Waals surface area (Å²) in [5.41, 5.74) is 0. The molecule has 0 N–H and O–H groups in total. The van der Waals surface area contributed by atoms with Gasteiger partial charge in [-0.1, -0.05) is 265 Å². The van der Waals surface area contributed by atoms with Crippen LogP contribution >= 0.6 is 0 Å². The van der Waals surface area contributed by atoms with Gasteiger partial charge in [-0.15, -0.1) is 0 Å². The van der Waals surface area contributed by atoms with Gasteiger partial charge in [0.1, 0.15) is 0 Å². The summed E-state index contributed by atoms with van der Waals surface area (Å²) in [6.45, 7) is 23.7. The molecule has 1 saturated heterocycles. The van der Waals surface area contributed by atoms with Crippen LogP contribution in [0.4, 0.5) is 0 Å². The molecule has 8 nitrogen and oxygen atoms in total. The first-order valence-electron chi connectivity index (χ1n) is 35.2. The van der Waals surface area contributed by atoms with Crippen LogP contribution in [-0.4, -0.2) is 123 Å². The summed E-state index contributed by atoms with van der Waals surface area (Å²) in [4.78, 5) is 35.9. The fourth-order valence-corrected chi connectivity index (χ4v) is 11.6. The van der Waals surface area contributed by atoms with Crippen molar-refractivity contribution in [2.24, 2.45) is 0 Å². The van der Waals surface area contributed by atoms with Crippen molar-refractivity contribution in [3.63, 3.8) is 0 Å². The Hall–Kier alpha value is -1.22. The van der Waals surface area contributed by atoms with E-state index in [0.717, 1.165) is 97.4 Å². The highest BCUT2D eigenvalue weighted by molar-refractivity contribution is 5.69. The summed E-state index contributed by atoms with van der Waals surface area (Å²) in [6, 6.07) is 0. The number of ether oxygens (including phenoxy) is 2. The van der Waals surface area contributed by atoms with Crippen LogP contribution in [0.2, 0.25) is 0 Å². The first-order valence-corrected chi connectivity index (χ1v) is 35.2. The predicted octanol–water partition coefficient (Wildman–Crippen LogP) is 19.5. The third-order valence-corrected chi connectivity index (χ3v) is 17.0. The molecular weight excluding hydrogens is 949 g/mol. The van der Waals surface area contributed by atoms with Crippen molar-refractivity contribution >= 4 is 11.9 Å². The van der Waals surface area contributed by atoms with Crippen LogP contribution in [0.15, 0.2) is 0 Å². The van der Waals surface area contributed by atoms with Gasteiger partial charge >= 0.3 is 11.9 Å². The Kier molecular flexibility index (Phi) is 58.3. The number of carbonyl (C=O) groups is 2. The Labute approximate surface area is 482 Å². The third-order valence-electron chi connectivity index (χ3n) is 17.0. The quantitative estimate of drug-likeness (QED) is 0.0441. The zero-order valence-electron chi connectivity index (χ0n) is 53.0. The minimum absolute atomic E-state index is 0.00256. The average Bonchev–Trinajstić information content (AvgIpc) is 3.43. The molecule has 77 heavy (non-hydrogen) atoms. The second kappa shape index (κ2) is 60.9. The fourth-order valence-electron chi connectivity index (χ4n) is 11.6. The lowest BCUT2D eigenvalue weighted by Gasteiger charge is -2.34. The van der Waals surface area contributed by atoms with Crippen molar-refractivity contribution in [2.45, 2.75) is 342 Å². The van der Waals surface area contributed by atoms with E-state index in [9.17, 15) is 9.59 Å². The molecule has 458 valence electrons. The Morgan fingerprint density at radius 2 is 0.506 bits per heavy atom. The van der Waals surface area contributed by atoms with Crippen molar-refractivity contribution < 1.29 is 19.1 Å². The maximum absolute atomic E-state index is 12.8. The van der Waals surface area contributed by atoms with Crippen LogP contribution < -0.4 is 0 Å². The monoisotopic (exact) mass is 1090 g/mol. The summed E-state index contributed by atoms with van der Waals surface area (Å²) < 4.78 is 11.4. The van der Waals surface area contributed by atoms with Gasteiger partial charge in [0.05, 0.1) is 19.6 Å². The highest BCUT2D eigenvalue weighted by Crippen LogP contribution is 2.17. The van der Waals surface area contributed by atoms with Gasteiger partial charge < -0.3 is 29.1 Å². The third kappa shape index (κ3) is 53.8. The van der Waals surface area contributed by atoms with Crippen molar-refractivity contribution in [1.29, 1.82) is 0 Å². The Morgan fingerprint density at radius 3 is 0.792 bits per heavy atom. The van der Waals surface area contributed by atoms with Crippen LogP contribution in [0.25, 0.3) is 0 Å². The number of hydrogen-bond donors (Lipinski definition) is 0. The molecule has 0 bridgehead atoms. The van der Waals surface area contributed by atoms with E-state index in [-0.39, 0.29) is 11.9 Å². The summed E-state index contributed by atoms with van der Waals surface area (Å²) in [5, 5.41) is 0. The summed E-state index contributed by atoms with van der Waals surface area (Å²) in [6.07, 6.45) is 63.8. The molecule has 0 amide bonds. The lowest BCUT2D eigenvalue weighted by atomic mass is 10.1. The van der Waals surface area contributed by atoms with E-state index in [1.807, 2.05) is 0 Å². The van der Waals surface area contributed by atoms with E-state index in [1.165, 1.54) is 283 Å². The highest BCUT2D eigenvalue weighted by atomic mass is 16.5. The van der Waals surface area contributed by atoms with Crippen LogP contribution in [-0.2, 0) is 19.1 Å². The van der Waals surface area contributed by atoms with Crippen LogP contribution in [0.1, 0.15) is 342 Å². The van der Waals surface area contributed by atoms with E-state index in [2.05, 4.69) is 47.3 Å². The highest BCUT2D eigenvalue weighted by Gasteiger charge is 2.17. The lowest BCUT2D eigenvalue weighted by molar-refractivity contribution is -0.145. The normalized spacial score (nSPS) is 13.4. The van der Waals surface area contributed by atoms with Gasteiger partial charge in [0.15, 0.2) is 0 Å². The number of piperazine rings is 1. The zero-order valence-corrected chi connectivity index (χ0v) is 53.0. The largest absolute Gasteiger partial charge is 0.466 e. The summed E-state index contributed by atoms with van der Waals surface area (Å²) in [7, 11) is 0. The molecule has 1 aliphatic heterocycles. The molecule has 0 radical (unpaired) electrons. The molecule has 0 aliphatic carbocycles. The molecule has 1 rings (SSSR count). The van der Waals surface area contributed by atoms with Crippen LogP contribution in [0, 0.1) is 0 Å². The maximum atomic E-state index is 12.8. The van der Waals surface area contributed by atoms with Gasteiger partial charge in [0.2, 0.25) is 0 Å². The molecule has 1 aliphatic rings. The minimum Gasteiger partial charge on any atom is -0.466 e. The van der Waals surface area contributed by atoms with Crippen molar-refractivity contribution in [3.8, 4) is 0 Å². The summed E-state index contributed by atoms with van der Waals surface area (Å²) >= 11 is 0. The second-order valence-corrected chi connectivity index (χ2v) is 24.5. The lowest BCUT2D eigenvalue weighted by Crippen LogP contribution is -2.46. The van der Waals surface area contributed by atoms with Crippen LogP contribution in [0.5, 0.6) is 0 Å². The van der Waals surface area contributed by atoms with Crippen molar-refractivity contribution in [2.75, 3.05) is 91.8 Å². The van der Waals surface area contributed by atoms with Crippen molar-refractivity contribution in [3.05, 3.63) is 0 Å². The van der Waals surface area contributed by atoms with E-state index >= 15 is 0 Å². The van der Waals surface area contributed by atoms with Gasteiger partial charge in [-0.25, -0.2) is 0 Å². The minimum atomic E-state index is -0.0128. The first-order chi connectivity index (χ1) is 38.0. The van der Waals surface area contributed by atoms with E-state index in [1.54, 1.807) is 0 Å². The Bertz CT molecular complexity index is 1130. The van der Waals surface area contributed by atoms with Gasteiger partial charge in [-0.05, 0) is 110 Å². The molecule has 1 fully saturated rings. The smallest absolute Gasteiger partial charge is 0.307 e. The van der Waals surface area contributed by atoms with E-state index in [4.69, 9.17) is 9.47 Å². The SMILES string of the molecule is CCCCCCCCCCCCN(CCCCCCCCCCCC)CCCCCC(=O)OCCCCN1CCN(CCCCOC(=O)CCN(CCCCCCCCCCCC)CCCCCCCCCCCC)CC1. The maximum Gasteiger partial charge on any atom is 0.307 e. The number of esters is 2. The number of hydrogen-bond acceptors (Lipinski definition) is 8. The summed E-state index contributed by atoms with van der Waals surface area (Å²) in [5.74, 6) is -0.0154. The van der Waals surface area contributed by atoms with Crippen molar-refractivity contribution in [1.82, 2.24) is 19.6 Å². The molecular formula is C69H138N4O4. The number of unbranched alkanes of at least 4 members (excludes halogenated alkanes) is 40. The van der Waals surface area contributed by atoms with Crippen LogP contribution in [0.3, 0.4) is 0 Å². The molecule has 0 aromatic carbocycles. The van der Waals surface area contributed by atoms with Gasteiger partial charge in [-0.2, -0.15) is 0 Å². The first kappa shape index (κ1) is 73.8. The number of carbonyl (C=O) groups excluding carboxylic acids is 2. The standard InChI is InChI=1S/C69H138N4O4/c1-5-9-13-17-21-25-29-33-37-43-54-70(55-44-38-34-30-26-22-18-14-10-6-2)56-47-41-42-52-68(74)76-66-50-48-59-72-62-64-73(65-63-72)60-49-51-67-77-69(75)53-61-71(57-45-39-35-31-27-23-19-15-11-7-3)58-46-40-36-32-28-24-20-16-12-8-4/h5-67H2,1-4H3. The molecule has 0 atom stereocenters. The average molecular weight is 1090 g/mol. The zero-order chi connectivity index (χ0) is 55.4. The molecule has 0 aromatic rings. The molecule has 0 aromatic heterocycles. The second-order valence-electron chi connectivity index (χ2n) is 24.5. The molecule has 0 spiro atoms. The Morgan fingerprint density at radius 1 is 0.273 bits per heavy atom. The Balaban J connectivity index is 2.18. The number of rotatable bonds is 63. The topological polar surface area (TPSA) is 65.6 Å². The predicted molar refractivity (Wildman–Crippen MR) is 337 cm³/mol. The van der Waals surface area contributed by atoms with E-state index < -0.39 is 0 Å². The molecule has 0 unspecified atom stereocenters. The molecule has 8 heteroatoms. The van der Waals surface area contributed by atoms with E-state index in [0.29, 0.717) is 26.1 Å². The fraction of sp³-hybridized carbons (Fsp3) is 0.971. The molecule has 1 heterocycles. The number of nitrogens with zero attached hydrogens (tertiary/aromatic N) is 4. The van der Waals surface area contributed by atoms with Gasteiger partial charge in [0, 0.05) is 39.1 Å². The molecule has 0 saturated carbocycles. The van der Waals surface area contributed by atoms with Gasteiger partial charge in [-0.3, -0.25) is 9.59 Å².